The van der Waals surface area contributed by atoms with E-state index in [1.807, 2.05) is 11.0 Å². The van der Waals surface area contributed by atoms with Crippen molar-refractivity contribution < 1.29 is 13.9 Å². The number of hydrogen-bond acceptors (Lipinski definition) is 7. The molecule has 0 saturated carbocycles. The largest absolute Gasteiger partial charge is 0.378 e. The van der Waals surface area contributed by atoms with Crippen molar-refractivity contribution in [3.05, 3.63) is 50.9 Å². The van der Waals surface area contributed by atoms with Crippen molar-refractivity contribution >= 4 is 60.7 Å². The molecular formula is C26H27ClFN5O3S. The summed E-state index contributed by atoms with van der Waals surface area (Å²) in [6.45, 7) is 3.46. The highest BCUT2D eigenvalue weighted by atomic mass is 35.5. The third kappa shape index (κ3) is 4.35. The van der Waals surface area contributed by atoms with Crippen molar-refractivity contribution in [2.45, 2.75) is 25.3 Å². The lowest BCUT2D eigenvalue weighted by Gasteiger charge is -2.28. The molecule has 1 amide bonds. The Hall–Kier alpha value is -2.79. The highest BCUT2D eigenvalue weighted by molar-refractivity contribution is 7.24. The molecule has 6 rings (SSSR count). The van der Waals surface area contributed by atoms with E-state index in [9.17, 15) is 9.59 Å². The van der Waals surface area contributed by atoms with Crippen LogP contribution in [0.4, 0.5) is 10.2 Å². The molecule has 8 nitrogen and oxygen atoms in total. The standard InChI is InChI=1S/C26H27ClFN5O3S/c1-31-8-2-3-16(31)6-7-29-25(35)21-22(34)17-14-18(28)24(32-9-11-36-12-10-32)30-23(17)33-19-13-15(27)4-5-20(19)37-26(21)33/h4-5,13-14,16H,2-3,6-12H2,1H3,(H,29,35). The highest BCUT2D eigenvalue weighted by Gasteiger charge is 2.26. The van der Waals surface area contributed by atoms with Gasteiger partial charge in [-0.3, -0.25) is 14.0 Å². The van der Waals surface area contributed by atoms with Crippen molar-refractivity contribution in [2.75, 3.05) is 51.3 Å². The molecule has 1 unspecified atom stereocenters. The molecule has 0 spiro atoms. The van der Waals surface area contributed by atoms with Crippen LogP contribution in [0.2, 0.25) is 5.02 Å². The normalized spacial score (nSPS) is 18.9. The zero-order valence-corrected chi connectivity index (χ0v) is 22.0. The Labute approximate surface area is 221 Å². The third-order valence-electron chi connectivity index (χ3n) is 7.38. The highest BCUT2D eigenvalue weighted by Crippen LogP contribution is 2.33. The fraction of sp³-hybridized carbons (Fsp3) is 0.423. The zero-order chi connectivity index (χ0) is 25.7. The number of benzene rings is 1. The number of anilines is 1. The molecular weight excluding hydrogens is 517 g/mol. The van der Waals surface area contributed by atoms with E-state index >= 15 is 4.39 Å². The van der Waals surface area contributed by atoms with Gasteiger partial charge in [0.15, 0.2) is 17.3 Å². The van der Waals surface area contributed by atoms with Crippen LogP contribution >= 0.6 is 22.9 Å². The molecule has 2 fully saturated rings. The second-order valence-electron chi connectivity index (χ2n) is 9.64. The number of fused-ring (bicyclic) bond motifs is 5. The number of hydrogen-bond donors (Lipinski definition) is 1. The maximum absolute atomic E-state index is 15.3. The van der Waals surface area contributed by atoms with Crippen LogP contribution in [0.15, 0.2) is 29.1 Å². The first-order chi connectivity index (χ1) is 17.9. The molecule has 4 aromatic rings. The molecule has 0 radical (unpaired) electrons. The van der Waals surface area contributed by atoms with Gasteiger partial charge in [0.2, 0.25) is 5.43 Å². The van der Waals surface area contributed by atoms with Gasteiger partial charge in [0, 0.05) is 30.7 Å². The van der Waals surface area contributed by atoms with Crippen LogP contribution in [-0.4, -0.2) is 72.7 Å². The van der Waals surface area contributed by atoms with Crippen molar-refractivity contribution in [3.63, 3.8) is 0 Å². The molecule has 2 aliphatic heterocycles. The van der Waals surface area contributed by atoms with Crippen LogP contribution in [0.25, 0.3) is 26.1 Å². The number of thiazole rings is 1. The molecule has 0 bridgehead atoms. The van der Waals surface area contributed by atoms with E-state index < -0.39 is 17.2 Å². The van der Waals surface area contributed by atoms with Crippen LogP contribution < -0.4 is 15.6 Å². The minimum atomic E-state index is -0.598. The number of pyridine rings is 2. The van der Waals surface area contributed by atoms with Crippen molar-refractivity contribution in [3.8, 4) is 0 Å². The van der Waals surface area contributed by atoms with Crippen LogP contribution in [0.1, 0.15) is 29.6 Å². The summed E-state index contributed by atoms with van der Waals surface area (Å²) in [6.07, 6.45) is 3.06. The summed E-state index contributed by atoms with van der Waals surface area (Å²) >= 11 is 7.65. The first kappa shape index (κ1) is 24.5. The SMILES string of the molecule is CN1CCCC1CCNC(=O)c1c(=O)c2cc(F)c(N3CCOCC3)nc2n2c1sc1ccc(Cl)cc12. The second kappa shape index (κ2) is 9.83. The van der Waals surface area contributed by atoms with E-state index in [1.165, 1.54) is 17.4 Å². The van der Waals surface area contributed by atoms with Gasteiger partial charge in [0.25, 0.3) is 5.91 Å². The number of carbonyl (C=O) groups excluding carboxylic acids is 1. The molecule has 2 saturated heterocycles. The summed E-state index contributed by atoms with van der Waals surface area (Å²) in [4.78, 5) is 36.4. The smallest absolute Gasteiger partial charge is 0.258 e. The molecule has 11 heteroatoms. The summed E-state index contributed by atoms with van der Waals surface area (Å²) < 4.78 is 23.3. The van der Waals surface area contributed by atoms with E-state index in [1.54, 1.807) is 16.5 Å². The molecule has 194 valence electrons. The van der Waals surface area contributed by atoms with Crippen LogP contribution in [-0.2, 0) is 4.74 Å². The summed E-state index contributed by atoms with van der Waals surface area (Å²) in [5.41, 5.74) is 0.500. The van der Waals surface area contributed by atoms with Gasteiger partial charge in [-0.05, 0) is 57.1 Å². The predicted molar refractivity (Wildman–Crippen MR) is 145 cm³/mol. The lowest BCUT2D eigenvalue weighted by molar-refractivity contribution is 0.0951. The molecule has 1 aromatic carbocycles. The number of ether oxygens (including phenoxy) is 1. The molecule has 0 aliphatic carbocycles. The summed E-state index contributed by atoms with van der Waals surface area (Å²) in [7, 11) is 2.09. The second-order valence-corrected chi connectivity index (χ2v) is 11.1. The van der Waals surface area contributed by atoms with Crippen molar-refractivity contribution in [1.29, 1.82) is 0 Å². The maximum Gasteiger partial charge on any atom is 0.258 e. The minimum absolute atomic E-state index is 0.00456. The Morgan fingerprint density at radius 3 is 2.84 bits per heavy atom. The van der Waals surface area contributed by atoms with Crippen molar-refractivity contribution in [2.24, 2.45) is 0 Å². The quantitative estimate of drug-likeness (QED) is 0.411. The number of morpholine rings is 1. The number of halogens is 2. The Morgan fingerprint density at radius 2 is 2.08 bits per heavy atom. The van der Waals surface area contributed by atoms with E-state index in [0.29, 0.717) is 59.9 Å². The number of nitrogens with one attached hydrogen (secondary N) is 1. The first-order valence-electron chi connectivity index (χ1n) is 12.5. The fourth-order valence-electron chi connectivity index (χ4n) is 5.40. The van der Waals surface area contributed by atoms with Gasteiger partial charge in [0.05, 0.1) is 28.8 Å². The average molecular weight is 544 g/mol. The monoisotopic (exact) mass is 543 g/mol. The molecule has 3 aromatic heterocycles. The predicted octanol–water partition coefficient (Wildman–Crippen LogP) is 3.91. The lowest BCUT2D eigenvalue weighted by atomic mass is 10.1. The Morgan fingerprint density at radius 1 is 1.27 bits per heavy atom. The van der Waals surface area contributed by atoms with Gasteiger partial charge >= 0.3 is 0 Å². The number of nitrogens with zero attached hydrogens (tertiary/aromatic N) is 4. The van der Waals surface area contributed by atoms with Gasteiger partial charge in [-0.1, -0.05) is 11.6 Å². The number of amides is 1. The topological polar surface area (TPSA) is 79.2 Å². The van der Waals surface area contributed by atoms with Crippen LogP contribution in [0.3, 0.4) is 0 Å². The van der Waals surface area contributed by atoms with E-state index in [2.05, 4.69) is 22.2 Å². The van der Waals surface area contributed by atoms with E-state index in [0.717, 1.165) is 30.5 Å². The molecule has 1 N–H and O–H groups in total. The maximum atomic E-state index is 15.3. The van der Waals surface area contributed by atoms with Gasteiger partial charge in [-0.2, -0.15) is 0 Å². The average Bonchev–Trinajstić information content (AvgIpc) is 3.47. The van der Waals surface area contributed by atoms with Gasteiger partial charge < -0.3 is 19.9 Å². The molecule has 1 atom stereocenters. The van der Waals surface area contributed by atoms with Gasteiger partial charge in [-0.15, -0.1) is 11.3 Å². The van der Waals surface area contributed by atoms with Crippen LogP contribution in [0, 0.1) is 5.82 Å². The number of rotatable bonds is 5. The molecule has 5 heterocycles. The Kier molecular flexibility index (Phi) is 6.52. The van der Waals surface area contributed by atoms with E-state index in [-0.39, 0.29) is 16.8 Å². The fourth-order valence-corrected chi connectivity index (χ4v) is 6.73. The van der Waals surface area contributed by atoms with Gasteiger partial charge in [-0.25, -0.2) is 9.37 Å². The zero-order valence-electron chi connectivity index (χ0n) is 20.4. The summed E-state index contributed by atoms with van der Waals surface area (Å²) in [6, 6.07) is 7.03. The number of carbonyl (C=O) groups is 1. The third-order valence-corrected chi connectivity index (χ3v) is 8.76. The minimum Gasteiger partial charge on any atom is -0.378 e. The first-order valence-corrected chi connectivity index (χ1v) is 13.7. The Bertz CT molecular complexity index is 1580. The lowest BCUT2D eigenvalue weighted by Crippen LogP contribution is -2.37. The molecule has 37 heavy (non-hydrogen) atoms. The number of aromatic nitrogens is 2. The molecule has 2 aliphatic rings. The van der Waals surface area contributed by atoms with Gasteiger partial charge in [0.1, 0.15) is 10.4 Å². The summed E-state index contributed by atoms with van der Waals surface area (Å²) in [5, 5.41) is 3.52. The Balaban J connectivity index is 1.50. The number of likely N-dealkylation sites (tertiary alicyclic amines) is 1. The van der Waals surface area contributed by atoms with Crippen molar-refractivity contribution in [1.82, 2.24) is 19.6 Å². The van der Waals surface area contributed by atoms with E-state index in [4.69, 9.17) is 16.3 Å². The summed E-state index contributed by atoms with van der Waals surface area (Å²) in [5.74, 6) is -0.886. The van der Waals surface area contributed by atoms with Crippen LogP contribution in [0.5, 0.6) is 0 Å².